The van der Waals surface area contributed by atoms with Gasteiger partial charge in [0.25, 0.3) is 5.69 Å². The van der Waals surface area contributed by atoms with Crippen LogP contribution < -0.4 is 5.32 Å². The first-order valence-corrected chi connectivity index (χ1v) is 5.52. The first kappa shape index (κ1) is 12.1. The largest absolute Gasteiger partial charge is 0.505 e. The van der Waals surface area contributed by atoms with Gasteiger partial charge in [-0.3, -0.25) is 14.9 Å². The van der Waals surface area contributed by atoms with Crippen molar-refractivity contribution < 1.29 is 14.8 Å². The Labute approximate surface area is 103 Å². The number of carbonyl (C=O) groups is 1. The summed E-state index contributed by atoms with van der Waals surface area (Å²) < 4.78 is 0. The molecule has 0 atom stereocenters. The van der Waals surface area contributed by atoms with Crippen molar-refractivity contribution in [3.8, 4) is 5.75 Å². The molecule has 2 rings (SSSR count). The second-order valence-corrected chi connectivity index (χ2v) is 4.06. The zero-order valence-electron chi connectivity index (χ0n) is 9.50. The standard InChI is InChI=1S/C12H12N2O4/c15-10-7-3-6-9(14(17)18)11(10)13-12(16)8-4-1-2-5-8/h1-3,6-8,15H,4-5H2,(H,13,16). The Morgan fingerprint density at radius 2 is 2.06 bits per heavy atom. The molecular formula is C12H12N2O4. The van der Waals surface area contributed by atoms with Crippen molar-refractivity contribution in [3.05, 3.63) is 40.5 Å². The number of nitro groups is 1. The Morgan fingerprint density at radius 3 is 2.67 bits per heavy atom. The fourth-order valence-corrected chi connectivity index (χ4v) is 1.87. The Hall–Kier alpha value is -2.37. The first-order valence-electron chi connectivity index (χ1n) is 5.52. The highest BCUT2D eigenvalue weighted by Crippen LogP contribution is 2.34. The average Bonchev–Trinajstić information content (AvgIpc) is 2.85. The molecule has 0 aromatic heterocycles. The molecule has 1 aliphatic carbocycles. The van der Waals surface area contributed by atoms with Gasteiger partial charge in [0.2, 0.25) is 5.91 Å². The summed E-state index contributed by atoms with van der Waals surface area (Å²) in [5.74, 6) is -0.836. The molecule has 0 aliphatic heterocycles. The van der Waals surface area contributed by atoms with Gasteiger partial charge in [-0.05, 0) is 18.9 Å². The molecule has 18 heavy (non-hydrogen) atoms. The van der Waals surface area contributed by atoms with Gasteiger partial charge in [-0.15, -0.1) is 0 Å². The second kappa shape index (κ2) is 4.87. The number of benzene rings is 1. The number of anilines is 1. The van der Waals surface area contributed by atoms with E-state index >= 15 is 0 Å². The fourth-order valence-electron chi connectivity index (χ4n) is 1.87. The average molecular weight is 248 g/mol. The lowest BCUT2D eigenvalue weighted by Crippen LogP contribution is -2.21. The van der Waals surface area contributed by atoms with Crippen LogP contribution in [0.4, 0.5) is 11.4 Å². The summed E-state index contributed by atoms with van der Waals surface area (Å²) in [5, 5.41) is 22.8. The highest BCUT2D eigenvalue weighted by atomic mass is 16.6. The molecule has 1 aromatic carbocycles. The Bertz CT molecular complexity index is 517. The van der Waals surface area contributed by atoms with E-state index in [9.17, 15) is 20.0 Å². The van der Waals surface area contributed by atoms with Crippen molar-refractivity contribution in [1.82, 2.24) is 0 Å². The van der Waals surface area contributed by atoms with Crippen LogP contribution in [0.15, 0.2) is 30.4 Å². The van der Waals surface area contributed by atoms with E-state index in [4.69, 9.17) is 0 Å². The molecule has 6 nitrogen and oxygen atoms in total. The van der Waals surface area contributed by atoms with Crippen molar-refractivity contribution in [2.45, 2.75) is 12.8 Å². The Morgan fingerprint density at radius 1 is 1.39 bits per heavy atom. The number of nitrogens with zero attached hydrogens (tertiary/aromatic N) is 1. The minimum atomic E-state index is -0.637. The van der Waals surface area contributed by atoms with E-state index in [-0.39, 0.29) is 28.9 Å². The van der Waals surface area contributed by atoms with E-state index in [2.05, 4.69) is 5.32 Å². The highest BCUT2D eigenvalue weighted by molar-refractivity contribution is 5.96. The summed E-state index contributed by atoms with van der Waals surface area (Å²) in [6.45, 7) is 0. The number of hydrogen-bond acceptors (Lipinski definition) is 4. The number of phenolic OH excluding ortho intramolecular Hbond substituents is 1. The van der Waals surface area contributed by atoms with E-state index in [0.29, 0.717) is 12.8 Å². The molecule has 6 heteroatoms. The van der Waals surface area contributed by atoms with Crippen LogP contribution in [0.5, 0.6) is 5.75 Å². The summed E-state index contributed by atoms with van der Waals surface area (Å²) >= 11 is 0. The molecule has 0 bridgehead atoms. The SMILES string of the molecule is O=C(Nc1c(O)cccc1[N+](=O)[O-])C1CC=CC1. The minimum absolute atomic E-state index is 0.139. The number of allylic oxidation sites excluding steroid dienone is 2. The van der Waals surface area contributed by atoms with Crippen molar-refractivity contribution in [3.63, 3.8) is 0 Å². The number of para-hydroxylation sites is 1. The smallest absolute Gasteiger partial charge is 0.296 e. The molecule has 0 heterocycles. The van der Waals surface area contributed by atoms with Gasteiger partial charge in [0.1, 0.15) is 5.75 Å². The summed E-state index contributed by atoms with van der Waals surface area (Å²) in [7, 11) is 0. The highest BCUT2D eigenvalue weighted by Gasteiger charge is 2.24. The van der Waals surface area contributed by atoms with Gasteiger partial charge < -0.3 is 10.4 Å². The molecule has 94 valence electrons. The molecule has 0 fully saturated rings. The van der Waals surface area contributed by atoms with Gasteiger partial charge in [-0.2, -0.15) is 0 Å². The zero-order chi connectivity index (χ0) is 13.1. The van der Waals surface area contributed by atoms with E-state index in [1.54, 1.807) is 0 Å². The lowest BCUT2D eigenvalue weighted by Gasteiger charge is -2.11. The van der Waals surface area contributed by atoms with Gasteiger partial charge in [0.15, 0.2) is 5.69 Å². The van der Waals surface area contributed by atoms with E-state index in [0.717, 1.165) is 0 Å². The molecule has 0 radical (unpaired) electrons. The van der Waals surface area contributed by atoms with Crippen molar-refractivity contribution >= 4 is 17.3 Å². The maximum atomic E-state index is 11.9. The van der Waals surface area contributed by atoms with Gasteiger partial charge in [0.05, 0.1) is 4.92 Å². The summed E-state index contributed by atoms with van der Waals surface area (Å²) in [5.41, 5.74) is -0.450. The van der Waals surface area contributed by atoms with Crippen LogP contribution in [-0.4, -0.2) is 15.9 Å². The minimum Gasteiger partial charge on any atom is -0.505 e. The molecule has 0 saturated carbocycles. The third kappa shape index (κ3) is 2.32. The Balaban J connectivity index is 2.22. The number of nitro benzene ring substituents is 1. The van der Waals surface area contributed by atoms with Gasteiger partial charge in [-0.1, -0.05) is 18.2 Å². The molecule has 1 amide bonds. The molecule has 0 spiro atoms. The number of nitrogens with one attached hydrogen (secondary N) is 1. The predicted molar refractivity (Wildman–Crippen MR) is 65.3 cm³/mol. The number of phenols is 1. The number of rotatable bonds is 3. The van der Waals surface area contributed by atoms with Gasteiger partial charge >= 0.3 is 0 Å². The number of hydrogen-bond donors (Lipinski definition) is 2. The van der Waals surface area contributed by atoms with Gasteiger partial charge in [-0.25, -0.2) is 0 Å². The topological polar surface area (TPSA) is 92.5 Å². The second-order valence-electron chi connectivity index (χ2n) is 4.06. The monoisotopic (exact) mass is 248 g/mol. The van der Waals surface area contributed by atoms with E-state index < -0.39 is 4.92 Å². The lowest BCUT2D eigenvalue weighted by molar-refractivity contribution is -0.384. The third-order valence-electron chi connectivity index (χ3n) is 2.84. The van der Waals surface area contributed by atoms with Gasteiger partial charge in [0, 0.05) is 12.0 Å². The molecule has 1 aliphatic rings. The summed E-state index contributed by atoms with van der Waals surface area (Å²) in [6.07, 6.45) is 5.02. The van der Waals surface area contributed by atoms with Crippen LogP contribution in [0.3, 0.4) is 0 Å². The predicted octanol–water partition coefficient (Wildman–Crippen LogP) is 2.21. The fraction of sp³-hybridized carbons (Fsp3) is 0.250. The number of aromatic hydroxyl groups is 1. The molecule has 0 unspecified atom stereocenters. The lowest BCUT2D eigenvalue weighted by atomic mass is 10.1. The van der Waals surface area contributed by atoms with Crippen LogP contribution >= 0.6 is 0 Å². The summed E-state index contributed by atoms with van der Waals surface area (Å²) in [4.78, 5) is 22.0. The Kier molecular flexibility index (Phi) is 3.27. The number of amides is 1. The third-order valence-corrected chi connectivity index (χ3v) is 2.84. The van der Waals surface area contributed by atoms with E-state index in [1.807, 2.05) is 12.2 Å². The summed E-state index contributed by atoms with van der Waals surface area (Å²) in [6, 6.07) is 3.90. The normalized spacial score (nSPS) is 14.7. The van der Waals surface area contributed by atoms with E-state index in [1.165, 1.54) is 18.2 Å². The van der Waals surface area contributed by atoms with Crippen LogP contribution in [0.2, 0.25) is 0 Å². The molecular weight excluding hydrogens is 236 g/mol. The quantitative estimate of drug-likeness (QED) is 0.371. The maximum Gasteiger partial charge on any atom is 0.296 e. The first-order chi connectivity index (χ1) is 8.59. The van der Waals surface area contributed by atoms with Crippen LogP contribution in [0.25, 0.3) is 0 Å². The molecule has 0 saturated heterocycles. The van der Waals surface area contributed by atoms with Crippen LogP contribution in [0, 0.1) is 16.0 Å². The van der Waals surface area contributed by atoms with Crippen LogP contribution in [-0.2, 0) is 4.79 Å². The molecule has 1 aromatic rings. The molecule has 2 N–H and O–H groups in total. The zero-order valence-corrected chi connectivity index (χ0v) is 9.50. The van der Waals surface area contributed by atoms with Crippen molar-refractivity contribution in [1.29, 1.82) is 0 Å². The maximum absolute atomic E-state index is 11.9. The van der Waals surface area contributed by atoms with Crippen molar-refractivity contribution in [2.24, 2.45) is 5.92 Å². The number of carbonyl (C=O) groups excluding carboxylic acids is 1. The van der Waals surface area contributed by atoms with Crippen LogP contribution in [0.1, 0.15) is 12.8 Å². The van der Waals surface area contributed by atoms with Crippen molar-refractivity contribution in [2.75, 3.05) is 5.32 Å².